The van der Waals surface area contributed by atoms with Crippen LogP contribution in [0.1, 0.15) is 37.3 Å². The molecule has 0 bridgehead atoms. The molecule has 18 heavy (non-hydrogen) atoms. The standard InChI is InChI=1S/C14H16ClFN2/c15-12-7-11(8-13(16)9-12)14(10-17)18-5-3-1-2-4-6-18/h7-9,14H,1-6H2. The van der Waals surface area contributed by atoms with E-state index in [2.05, 4.69) is 11.0 Å². The highest BCUT2D eigenvalue weighted by Crippen LogP contribution is 2.26. The van der Waals surface area contributed by atoms with Gasteiger partial charge in [0.2, 0.25) is 0 Å². The highest BCUT2D eigenvalue weighted by atomic mass is 35.5. The zero-order valence-electron chi connectivity index (χ0n) is 10.2. The highest BCUT2D eigenvalue weighted by molar-refractivity contribution is 6.30. The summed E-state index contributed by atoms with van der Waals surface area (Å²) in [5.41, 5.74) is 0.657. The van der Waals surface area contributed by atoms with Crippen LogP contribution >= 0.6 is 11.6 Å². The van der Waals surface area contributed by atoms with Crippen LogP contribution in [0, 0.1) is 17.1 Å². The fraction of sp³-hybridized carbons (Fsp3) is 0.500. The van der Waals surface area contributed by atoms with Crippen LogP contribution in [0.3, 0.4) is 0 Å². The molecule has 1 fully saturated rings. The van der Waals surface area contributed by atoms with Gasteiger partial charge in [-0.05, 0) is 49.7 Å². The molecule has 0 N–H and O–H groups in total. The molecule has 0 amide bonds. The van der Waals surface area contributed by atoms with Gasteiger partial charge in [-0.15, -0.1) is 0 Å². The van der Waals surface area contributed by atoms with E-state index in [1.165, 1.54) is 25.0 Å². The molecule has 96 valence electrons. The topological polar surface area (TPSA) is 27.0 Å². The van der Waals surface area contributed by atoms with Crippen molar-refractivity contribution in [3.63, 3.8) is 0 Å². The maximum atomic E-state index is 13.4. The maximum absolute atomic E-state index is 13.4. The summed E-state index contributed by atoms with van der Waals surface area (Å²) < 4.78 is 13.4. The summed E-state index contributed by atoms with van der Waals surface area (Å²) in [6, 6.07) is 6.24. The van der Waals surface area contributed by atoms with E-state index >= 15 is 0 Å². The van der Waals surface area contributed by atoms with Crippen molar-refractivity contribution in [1.29, 1.82) is 5.26 Å². The Morgan fingerprint density at radius 3 is 2.39 bits per heavy atom. The molecule has 0 saturated carbocycles. The van der Waals surface area contributed by atoms with Gasteiger partial charge in [-0.3, -0.25) is 4.90 Å². The van der Waals surface area contributed by atoms with Crippen LogP contribution in [-0.2, 0) is 0 Å². The van der Waals surface area contributed by atoms with Crippen molar-refractivity contribution in [3.8, 4) is 6.07 Å². The van der Waals surface area contributed by atoms with E-state index in [0.717, 1.165) is 25.9 Å². The molecular weight excluding hydrogens is 251 g/mol. The molecule has 0 spiro atoms. The van der Waals surface area contributed by atoms with Crippen LogP contribution < -0.4 is 0 Å². The molecule has 0 aliphatic carbocycles. The average Bonchev–Trinajstić information content (AvgIpc) is 2.58. The summed E-state index contributed by atoms with van der Waals surface area (Å²) in [5.74, 6) is -0.382. The van der Waals surface area contributed by atoms with Gasteiger partial charge < -0.3 is 0 Å². The van der Waals surface area contributed by atoms with Gasteiger partial charge in [0.15, 0.2) is 0 Å². The highest BCUT2D eigenvalue weighted by Gasteiger charge is 2.21. The van der Waals surface area contributed by atoms with E-state index in [4.69, 9.17) is 11.6 Å². The van der Waals surface area contributed by atoms with Gasteiger partial charge in [-0.1, -0.05) is 24.4 Å². The van der Waals surface area contributed by atoms with Gasteiger partial charge >= 0.3 is 0 Å². The van der Waals surface area contributed by atoms with Crippen LogP contribution in [0.15, 0.2) is 18.2 Å². The minimum absolute atomic E-state index is 0.347. The first-order chi connectivity index (χ1) is 8.70. The Balaban J connectivity index is 2.24. The van der Waals surface area contributed by atoms with Crippen molar-refractivity contribution in [2.24, 2.45) is 0 Å². The van der Waals surface area contributed by atoms with E-state index in [1.54, 1.807) is 6.07 Å². The van der Waals surface area contributed by atoms with E-state index in [-0.39, 0.29) is 5.82 Å². The number of rotatable bonds is 2. The number of halogens is 2. The van der Waals surface area contributed by atoms with E-state index < -0.39 is 6.04 Å². The molecule has 2 nitrogen and oxygen atoms in total. The second-order valence-electron chi connectivity index (χ2n) is 4.68. The van der Waals surface area contributed by atoms with Crippen LogP contribution in [0.5, 0.6) is 0 Å². The first kappa shape index (κ1) is 13.3. The first-order valence-corrected chi connectivity index (χ1v) is 6.68. The Kier molecular flexibility index (Phi) is 4.57. The molecule has 1 atom stereocenters. The zero-order chi connectivity index (χ0) is 13.0. The van der Waals surface area contributed by atoms with E-state index in [1.807, 2.05) is 0 Å². The lowest BCUT2D eigenvalue weighted by Gasteiger charge is -2.25. The predicted molar refractivity (Wildman–Crippen MR) is 69.8 cm³/mol. The number of likely N-dealkylation sites (tertiary alicyclic amines) is 1. The molecule has 1 aromatic carbocycles. The van der Waals surface area contributed by atoms with Crippen molar-refractivity contribution in [1.82, 2.24) is 4.90 Å². The third-order valence-electron chi connectivity index (χ3n) is 3.33. The molecule has 1 saturated heterocycles. The molecule has 1 unspecified atom stereocenters. The van der Waals surface area contributed by atoms with Gasteiger partial charge in [0.1, 0.15) is 11.9 Å². The van der Waals surface area contributed by atoms with E-state index in [9.17, 15) is 9.65 Å². The number of hydrogen-bond donors (Lipinski definition) is 0. The summed E-state index contributed by atoms with van der Waals surface area (Å²) in [5, 5.41) is 9.70. The molecule has 2 rings (SSSR count). The molecule has 4 heteroatoms. The van der Waals surface area contributed by atoms with Crippen molar-refractivity contribution < 1.29 is 4.39 Å². The second kappa shape index (κ2) is 6.17. The van der Waals surface area contributed by atoms with Crippen molar-refractivity contribution >= 4 is 11.6 Å². The van der Waals surface area contributed by atoms with Crippen molar-refractivity contribution in [2.45, 2.75) is 31.7 Å². The van der Waals surface area contributed by atoms with Gasteiger partial charge in [0, 0.05) is 5.02 Å². The summed E-state index contributed by atoms with van der Waals surface area (Å²) in [7, 11) is 0. The monoisotopic (exact) mass is 266 g/mol. The zero-order valence-corrected chi connectivity index (χ0v) is 11.0. The van der Waals surface area contributed by atoms with Crippen LogP contribution in [-0.4, -0.2) is 18.0 Å². The lowest BCUT2D eigenvalue weighted by atomic mass is 10.1. The fourth-order valence-corrected chi connectivity index (χ4v) is 2.68. The lowest BCUT2D eigenvalue weighted by Crippen LogP contribution is -2.29. The maximum Gasteiger partial charge on any atom is 0.125 e. The third kappa shape index (κ3) is 3.22. The molecule has 1 aliphatic heterocycles. The molecule has 0 radical (unpaired) electrons. The predicted octanol–water partition coefficient (Wildman–Crippen LogP) is 3.92. The molecule has 1 aromatic rings. The number of hydrogen-bond acceptors (Lipinski definition) is 2. The van der Waals surface area contributed by atoms with Crippen LogP contribution in [0.2, 0.25) is 5.02 Å². The Morgan fingerprint density at radius 2 is 1.83 bits per heavy atom. The Bertz CT molecular complexity index is 427. The van der Waals surface area contributed by atoms with Gasteiger partial charge in [-0.2, -0.15) is 5.26 Å². The van der Waals surface area contributed by atoms with Crippen LogP contribution in [0.25, 0.3) is 0 Å². The largest absolute Gasteiger partial charge is 0.284 e. The van der Waals surface area contributed by atoms with Gasteiger partial charge in [0.25, 0.3) is 0 Å². The minimum Gasteiger partial charge on any atom is -0.284 e. The second-order valence-corrected chi connectivity index (χ2v) is 5.12. The van der Waals surface area contributed by atoms with Crippen LogP contribution in [0.4, 0.5) is 4.39 Å². The molecule has 1 heterocycles. The van der Waals surface area contributed by atoms with Gasteiger partial charge in [0.05, 0.1) is 6.07 Å². The smallest absolute Gasteiger partial charge is 0.125 e. The number of benzene rings is 1. The summed E-state index contributed by atoms with van der Waals surface area (Å²) >= 11 is 5.85. The Hall–Kier alpha value is -1.11. The fourth-order valence-electron chi connectivity index (χ4n) is 2.45. The summed E-state index contributed by atoms with van der Waals surface area (Å²) in [6.45, 7) is 1.79. The first-order valence-electron chi connectivity index (χ1n) is 6.30. The minimum atomic E-state index is -0.392. The molecule has 0 aromatic heterocycles. The average molecular weight is 267 g/mol. The molecular formula is C14H16ClFN2. The summed E-state index contributed by atoms with van der Waals surface area (Å²) in [4.78, 5) is 2.12. The van der Waals surface area contributed by atoms with E-state index in [0.29, 0.717) is 10.6 Å². The van der Waals surface area contributed by atoms with Gasteiger partial charge in [-0.25, -0.2) is 4.39 Å². The number of nitrogens with zero attached hydrogens (tertiary/aromatic N) is 2. The molecule has 1 aliphatic rings. The van der Waals surface area contributed by atoms with Crippen molar-refractivity contribution in [2.75, 3.05) is 13.1 Å². The normalized spacial score (nSPS) is 18.9. The number of nitriles is 1. The quantitative estimate of drug-likeness (QED) is 0.811. The SMILES string of the molecule is N#CC(c1cc(F)cc(Cl)c1)N1CCCCCC1. The Morgan fingerprint density at radius 1 is 1.17 bits per heavy atom. The summed E-state index contributed by atoms with van der Waals surface area (Å²) in [6.07, 6.45) is 4.61. The third-order valence-corrected chi connectivity index (χ3v) is 3.55. The Labute approximate surface area is 112 Å². The van der Waals surface area contributed by atoms with Crippen molar-refractivity contribution in [3.05, 3.63) is 34.6 Å². The lowest BCUT2D eigenvalue weighted by molar-refractivity contribution is 0.245.